The van der Waals surface area contributed by atoms with Crippen LogP contribution in [0.3, 0.4) is 0 Å². The molecule has 3 nitrogen and oxygen atoms in total. The quantitative estimate of drug-likeness (QED) is 0.686. The summed E-state index contributed by atoms with van der Waals surface area (Å²) < 4.78 is 4.89. The molecule has 0 amide bonds. The van der Waals surface area contributed by atoms with Gasteiger partial charge >= 0.3 is 68.0 Å². The van der Waals surface area contributed by atoms with E-state index in [0.29, 0.717) is 5.39 Å². The second kappa shape index (κ2) is 2.48. The molecule has 58 valence electrons. The number of fused-ring (bicyclic) bond motifs is 1. The maximum atomic E-state index is 10.7. The van der Waals surface area contributed by atoms with E-state index in [0.717, 1.165) is 5.28 Å². The van der Waals surface area contributed by atoms with Crippen LogP contribution in [0, 0.1) is 0 Å². The Labute approximate surface area is 68.9 Å². The molecule has 0 bridgehead atoms. The molecule has 0 atom stereocenters. The van der Waals surface area contributed by atoms with Gasteiger partial charge in [-0.1, -0.05) is 0 Å². The maximum absolute atomic E-state index is 10.7. The molecule has 2 aromatic rings. The molecule has 0 aliphatic heterocycles. The molecule has 1 aromatic heterocycles. The van der Waals surface area contributed by atoms with Crippen molar-refractivity contribution in [2.24, 2.45) is 0 Å². The zero-order valence-corrected chi connectivity index (χ0v) is 6.15. The van der Waals surface area contributed by atoms with Crippen molar-refractivity contribution >= 4 is 23.8 Å². The Balaban J connectivity index is 2.82. The average Bonchev–Trinajstić information content (AvgIpc) is 2.49. The number of carboxylic acids is 1. The molecule has 12 heavy (non-hydrogen) atoms. The van der Waals surface area contributed by atoms with E-state index in [1.54, 1.807) is 12.1 Å². The van der Waals surface area contributed by atoms with E-state index in [9.17, 15) is 4.79 Å². The fraction of sp³-hybridized carbons (Fsp3) is 0. The van der Waals surface area contributed by atoms with Gasteiger partial charge in [0.1, 0.15) is 0 Å². The van der Waals surface area contributed by atoms with Crippen molar-refractivity contribution in [1.29, 1.82) is 0 Å². The van der Waals surface area contributed by atoms with Crippen LogP contribution in [0.1, 0.15) is 10.4 Å². The molecule has 0 saturated carbocycles. The molecule has 2 rings (SSSR count). The topological polar surface area (TPSA) is 50.4 Å². The summed E-state index contributed by atoms with van der Waals surface area (Å²) in [5.41, 5.74) is 0.279. The normalized spacial score (nSPS) is 10.0. The third kappa shape index (κ3) is 0.924. The third-order valence-corrected chi connectivity index (χ3v) is 1.75. The summed E-state index contributed by atoms with van der Waals surface area (Å²) in [5, 5.41) is 10.2. The molecule has 0 aliphatic rings. The number of carboxylic acid groups (broad SMARTS) is 1. The molecule has 0 fully saturated rings. The van der Waals surface area contributed by atoms with Crippen LogP contribution in [0.25, 0.3) is 10.7 Å². The van der Waals surface area contributed by atoms with Gasteiger partial charge in [0, 0.05) is 0 Å². The van der Waals surface area contributed by atoms with Crippen LogP contribution < -0.4 is 0 Å². The van der Waals surface area contributed by atoms with Gasteiger partial charge in [0.25, 0.3) is 0 Å². The van der Waals surface area contributed by atoms with E-state index in [2.05, 4.69) is 0 Å². The summed E-state index contributed by atoms with van der Waals surface area (Å²) in [6.45, 7) is 0. The van der Waals surface area contributed by atoms with Crippen LogP contribution in [0.15, 0.2) is 28.8 Å². The first-order chi connectivity index (χ1) is 5.79. The molecular formula is C8H5BO3. The van der Waals surface area contributed by atoms with E-state index in [1.165, 1.54) is 13.4 Å². The van der Waals surface area contributed by atoms with Crippen LogP contribution in [0.5, 0.6) is 0 Å². The third-order valence-electron chi connectivity index (χ3n) is 1.75. The fourth-order valence-corrected chi connectivity index (χ4v) is 1.18. The van der Waals surface area contributed by atoms with Crippen molar-refractivity contribution < 1.29 is 14.2 Å². The second-order valence-corrected chi connectivity index (χ2v) is 2.49. The summed E-state index contributed by atoms with van der Waals surface area (Å²) >= 11 is 0. The summed E-state index contributed by atoms with van der Waals surface area (Å²) in [6.07, 6.45) is 1.44. The number of aromatic carboxylic acids is 1. The number of hydrogen-bond donors (Lipinski definition) is 1. The fourth-order valence-electron chi connectivity index (χ4n) is 1.18. The Hall–Kier alpha value is -1.58. The van der Waals surface area contributed by atoms with Crippen LogP contribution >= 0.6 is 0 Å². The van der Waals surface area contributed by atoms with Crippen molar-refractivity contribution in [1.82, 2.24) is 0 Å². The Morgan fingerprint density at radius 3 is 3.08 bits per heavy atom. The minimum absolute atomic E-state index is 0.279. The zero-order chi connectivity index (χ0) is 8.55. The molecule has 1 N–H and O–H groups in total. The van der Waals surface area contributed by atoms with Crippen LogP contribution in [-0.4, -0.2) is 18.2 Å². The molecule has 0 spiro atoms. The Morgan fingerprint density at radius 1 is 1.50 bits per heavy atom. The molecular weight excluding hydrogens is 155 g/mol. The summed E-state index contributed by atoms with van der Waals surface area (Å²) in [6, 6.07) is 5.06. The van der Waals surface area contributed by atoms with E-state index in [1.807, 2.05) is 6.07 Å². The van der Waals surface area contributed by atoms with Crippen molar-refractivity contribution in [3.63, 3.8) is 0 Å². The minimum atomic E-state index is -0.929. The standard InChI is InChI=1S/C8H5BO3/c10-8(11)5-2-1-3-7-6(5)4-12-9-7/h1-4H,(H,10,11). The van der Waals surface area contributed by atoms with Crippen molar-refractivity contribution in [2.45, 2.75) is 0 Å². The summed E-state index contributed by atoms with van der Waals surface area (Å²) in [5.74, 6) is -0.929. The van der Waals surface area contributed by atoms with E-state index >= 15 is 0 Å². The predicted molar refractivity (Wildman–Crippen MR) is 44.5 cm³/mol. The van der Waals surface area contributed by atoms with Crippen LogP contribution in [0.4, 0.5) is 0 Å². The molecule has 0 aliphatic carbocycles. The van der Waals surface area contributed by atoms with Gasteiger partial charge in [0.05, 0.1) is 0 Å². The first-order valence-electron chi connectivity index (χ1n) is 3.47. The second-order valence-electron chi connectivity index (χ2n) is 2.49. The van der Waals surface area contributed by atoms with E-state index in [-0.39, 0.29) is 5.56 Å². The summed E-state index contributed by atoms with van der Waals surface area (Å²) in [4.78, 5) is 10.7. The number of benzene rings is 1. The first kappa shape index (κ1) is 7.09. The average molecular weight is 160 g/mol. The summed E-state index contributed by atoms with van der Waals surface area (Å²) in [7, 11) is 1.53. The monoisotopic (exact) mass is 160 g/mol. The molecule has 1 heterocycles. The molecule has 1 aromatic carbocycles. The molecule has 0 unspecified atom stereocenters. The number of rotatable bonds is 1. The Bertz CT molecular complexity index is 433. The van der Waals surface area contributed by atoms with Crippen LogP contribution in [-0.2, 0) is 0 Å². The van der Waals surface area contributed by atoms with E-state index in [4.69, 9.17) is 9.44 Å². The van der Waals surface area contributed by atoms with Crippen molar-refractivity contribution in [2.75, 3.05) is 0 Å². The van der Waals surface area contributed by atoms with Gasteiger partial charge < -0.3 is 0 Å². The van der Waals surface area contributed by atoms with Gasteiger partial charge in [-0.05, 0) is 0 Å². The van der Waals surface area contributed by atoms with Gasteiger partial charge in [-0.25, -0.2) is 0 Å². The van der Waals surface area contributed by atoms with Crippen molar-refractivity contribution in [3.8, 4) is 0 Å². The number of hydrogen-bond acceptors (Lipinski definition) is 2. The van der Waals surface area contributed by atoms with E-state index < -0.39 is 5.97 Å². The first-order valence-corrected chi connectivity index (χ1v) is 3.47. The molecule has 0 radical (unpaired) electrons. The van der Waals surface area contributed by atoms with Crippen LogP contribution in [0.2, 0.25) is 0 Å². The Kier molecular flexibility index (Phi) is 1.47. The SMILES string of the molecule is O=C(O)c1cccc2bocc12. The number of carbonyl (C=O) groups is 1. The van der Waals surface area contributed by atoms with Gasteiger partial charge in [-0.2, -0.15) is 0 Å². The van der Waals surface area contributed by atoms with Gasteiger partial charge in [-0.15, -0.1) is 0 Å². The Morgan fingerprint density at radius 2 is 2.33 bits per heavy atom. The zero-order valence-electron chi connectivity index (χ0n) is 6.15. The van der Waals surface area contributed by atoms with Gasteiger partial charge in [0.2, 0.25) is 0 Å². The predicted octanol–water partition coefficient (Wildman–Crippen LogP) is 1.47. The molecule has 4 heteroatoms. The molecule has 0 saturated heterocycles. The van der Waals surface area contributed by atoms with Gasteiger partial charge in [0.15, 0.2) is 0 Å². The van der Waals surface area contributed by atoms with Crippen molar-refractivity contribution in [3.05, 3.63) is 30.0 Å². The van der Waals surface area contributed by atoms with Gasteiger partial charge in [-0.3, -0.25) is 0 Å².